The zero-order valence-corrected chi connectivity index (χ0v) is 38.1. The van der Waals surface area contributed by atoms with Gasteiger partial charge < -0.3 is 13.0 Å². The summed E-state index contributed by atoms with van der Waals surface area (Å²) in [6.45, 7) is 4.50. The molecule has 2 radical (unpaired) electrons. The molecule has 0 N–H and O–H groups in total. The molecule has 0 unspecified atom stereocenters. The molecule has 0 aliphatic heterocycles. The van der Waals surface area contributed by atoms with Crippen LogP contribution in [0, 0.1) is 0 Å². The van der Waals surface area contributed by atoms with Crippen molar-refractivity contribution in [3.8, 4) is 0 Å². The summed E-state index contributed by atoms with van der Waals surface area (Å²) in [6.07, 6.45) is 0. The fourth-order valence-electron chi connectivity index (χ4n) is 6.54. The van der Waals surface area contributed by atoms with Crippen molar-refractivity contribution in [2.45, 2.75) is 0 Å². The Morgan fingerprint density at radius 2 is 0.283 bits per heavy atom. The number of hydrogen-bond acceptors (Lipinski definition) is 1. The zero-order chi connectivity index (χ0) is 40.7. The first-order chi connectivity index (χ1) is 29.3. The Kier molecular flexibility index (Phi) is 19.7. The van der Waals surface area contributed by atoms with Gasteiger partial charge >= 0.3 is 0 Å². The van der Waals surface area contributed by atoms with E-state index >= 15 is 0 Å². The predicted molar refractivity (Wildman–Crippen MR) is 262 cm³/mol. The summed E-state index contributed by atoms with van der Waals surface area (Å²) >= 11 is 0. The predicted octanol–water partition coefficient (Wildman–Crippen LogP) is 10.0. The topological polar surface area (TPSA) is 17.1 Å². The van der Waals surface area contributed by atoms with Crippen LogP contribution in [0.3, 0.4) is 0 Å². The SMILES string of the molecule is [C-]=O.[H-].[Ir].c1ccc(P(c2ccccc2)c2ccccc2)cc1.c1ccc(P(c2ccccc2)c2ccccc2)cc1.c1ccc(P(c2ccccc2)c2ccccc2)cc1. The van der Waals surface area contributed by atoms with E-state index in [1.54, 1.807) is 0 Å². The van der Waals surface area contributed by atoms with Crippen molar-refractivity contribution in [3.05, 3.63) is 273 Å². The minimum absolute atomic E-state index is 0. The molecule has 9 aromatic carbocycles. The largest absolute Gasteiger partial charge is 1.00 e. The molecule has 0 bridgehead atoms. The van der Waals surface area contributed by atoms with Crippen LogP contribution >= 0.6 is 23.8 Å². The number of carbonyl (C=O) groups excluding carboxylic acids is 1. The molecule has 0 fully saturated rings. The van der Waals surface area contributed by atoms with Gasteiger partial charge in [-0.05, 0) is 71.5 Å². The quantitative estimate of drug-likeness (QED) is 0.104. The van der Waals surface area contributed by atoms with E-state index in [4.69, 9.17) is 4.79 Å². The molecule has 0 atom stereocenters. The van der Waals surface area contributed by atoms with E-state index in [9.17, 15) is 0 Å². The van der Waals surface area contributed by atoms with Gasteiger partial charge in [0.1, 0.15) is 0 Å². The second kappa shape index (κ2) is 25.9. The Morgan fingerprint density at radius 1 is 0.200 bits per heavy atom. The summed E-state index contributed by atoms with van der Waals surface area (Å²) in [5.41, 5.74) is 0. The Hall–Kier alpha value is -5.41. The third-order valence-electron chi connectivity index (χ3n) is 9.13. The maximum atomic E-state index is 7.50. The van der Waals surface area contributed by atoms with E-state index in [1.165, 1.54) is 47.7 Å². The van der Waals surface area contributed by atoms with Gasteiger partial charge in [0.25, 0.3) is 0 Å². The molecule has 0 spiro atoms. The van der Waals surface area contributed by atoms with Gasteiger partial charge in [0, 0.05) is 20.1 Å². The average molecular weight is 1010 g/mol. The molecule has 0 heterocycles. The number of rotatable bonds is 9. The summed E-state index contributed by atoms with van der Waals surface area (Å²) in [6, 6.07) is 97.0. The van der Waals surface area contributed by atoms with E-state index in [1.807, 2.05) is 0 Å². The van der Waals surface area contributed by atoms with Gasteiger partial charge in [0.2, 0.25) is 0 Å². The summed E-state index contributed by atoms with van der Waals surface area (Å²) in [5, 5.41) is 12.6. The minimum atomic E-state index is -0.446. The number of hydrogen-bond donors (Lipinski definition) is 0. The first-order valence-corrected chi connectivity index (χ1v) is 23.4. The van der Waals surface area contributed by atoms with Gasteiger partial charge in [-0.25, -0.2) is 0 Å². The van der Waals surface area contributed by atoms with Gasteiger partial charge in [0.15, 0.2) is 0 Å². The van der Waals surface area contributed by atoms with E-state index in [-0.39, 0.29) is 21.5 Å². The van der Waals surface area contributed by atoms with Crippen LogP contribution in [0.4, 0.5) is 0 Å². The van der Waals surface area contributed by atoms with Crippen LogP contribution in [0.2, 0.25) is 0 Å². The first kappa shape index (κ1) is 45.7. The van der Waals surface area contributed by atoms with Gasteiger partial charge in [-0.3, -0.25) is 0 Å². The van der Waals surface area contributed by atoms with Crippen LogP contribution in [-0.2, 0) is 24.9 Å². The van der Waals surface area contributed by atoms with Crippen molar-refractivity contribution in [1.82, 2.24) is 0 Å². The summed E-state index contributed by atoms with van der Waals surface area (Å²) < 4.78 is 0. The van der Waals surface area contributed by atoms with Crippen molar-refractivity contribution in [2.24, 2.45) is 0 Å². The molecular formula is C55H46IrOP3-2. The second-order valence-electron chi connectivity index (χ2n) is 13.0. The van der Waals surface area contributed by atoms with E-state index in [0.717, 1.165) is 0 Å². The Labute approximate surface area is 375 Å². The van der Waals surface area contributed by atoms with Crippen molar-refractivity contribution < 1.29 is 26.3 Å². The van der Waals surface area contributed by atoms with Gasteiger partial charge in [-0.1, -0.05) is 273 Å². The molecule has 0 aliphatic rings. The van der Waals surface area contributed by atoms with Crippen LogP contribution in [0.25, 0.3) is 0 Å². The molecule has 0 amide bonds. The molecule has 0 aromatic heterocycles. The first-order valence-electron chi connectivity index (χ1n) is 19.4. The molecule has 0 aliphatic carbocycles. The third-order valence-corrected chi connectivity index (χ3v) is 16.5. The maximum absolute atomic E-state index is 7.50. The van der Waals surface area contributed by atoms with Crippen LogP contribution in [0.5, 0.6) is 0 Å². The van der Waals surface area contributed by atoms with E-state index in [2.05, 4.69) is 280 Å². The van der Waals surface area contributed by atoms with Crippen LogP contribution in [-0.4, -0.2) is 6.79 Å². The Bertz CT molecular complexity index is 1890. The fraction of sp³-hybridized carbons (Fsp3) is 0. The molecular weight excluding hydrogens is 962 g/mol. The van der Waals surface area contributed by atoms with Crippen LogP contribution < -0.4 is 47.7 Å². The summed E-state index contributed by atoms with van der Waals surface area (Å²) in [5.74, 6) is 0. The minimum Gasteiger partial charge on any atom is -1.00 e. The molecule has 9 aromatic rings. The molecule has 298 valence electrons. The van der Waals surface area contributed by atoms with E-state index in [0.29, 0.717) is 0 Å². The number of benzene rings is 9. The molecule has 9 rings (SSSR count). The summed E-state index contributed by atoms with van der Waals surface area (Å²) in [7, 11) is -1.34. The summed E-state index contributed by atoms with van der Waals surface area (Å²) in [4.78, 5) is 7.50. The fourth-order valence-corrected chi connectivity index (χ4v) is 13.5. The maximum Gasteiger partial charge on any atom is 0 e. The van der Waals surface area contributed by atoms with Gasteiger partial charge in [-0.15, -0.1) is 0 Å². The van der Waals surface area contributed by atoms with E-state index < -0.39 is 23.8 Å². The third kappa shape index (κ3) is 13.3. The standard InChI is InChI=1S/3C18H15P.CO.Ir.H/c3*1-4-10-16(11-5-1)19(17-12-6-2-7-13-17)18-14-8-3-9-15-18;1-2;;/h3*1-15H;;;/q;;;-1;;-1. The molecule has 1 nitrogen and oxygen atoms in total. The Balaban J connectivity index is 0.000000194. The molecule has 5 heteroatoms. The van der Waals surface area contributed by atoms with Gasteiger partial charge in [-0.2, -0.15) is 0 Å². The van der Waals surface area contributed by atoms with Crippen LogP contribution in [0.15, 0.2) is 273 Å². The van der Waals surface area contributed by atoms with Crippen molar-refractivity contribution in [3.63, 3.8) is 0 Å². The second-order valence-corrected chi connectivity index (χ2v) is 19.7. The van der Waals surface area contributed by atoms with Crippen LogP contribution in [0.1, 0.15) is 1.43 Å². The molecule has 0 saturated heterocycles. The molecule has 0 saturated carbocycles. The zero-order valence-electron chi connectivity index (χ0n) is 34.1. The van der Waals surface area contributed by atoms with Crippen molar-refractivity contribution in [2.75, 3.05) is 0 Å². The monoisotopic (exact) mass is 1010 g/mol. The smallest absolute Gasteiger partial charge is 0 e. The van der Waals surface area contributed by atoms with Crippen molar-refractivity contribution >= 4 is 78.3 Å². The normalized spacial score (nSPS) is 10.1. The Morgan fingerprint density at radius 3 is 0.367 bits per heavy atom. The molecule has 60 heavy (non-hydrogen) atoms. The average Bonchev–Trinajstić information content (AvgIpc) is 3.34. The van der Waals surface area contributed by atoms with Gasteiger partial charge in [0.05, 0.1) is 0 Å². The van der Waals surface area contributed by atoms with Crippen molar-refractivity contribution in [1.29, 1.82) is 0 Å².